The second kappa shape index (κ2) is 6.10. The van der Waals surface area contributed by atoms with Gasteiger partial charge in [0.05, 0.1) is 11.4 Å². The van der Waals surface area contributed by atoms with Crippen molar-refractivity contribution in [1.82, 2.24) is 4.98 Å². The first-order chi connectivity index (χ1) is 12.1. The maximum Gasteiger partial charge on any atom is 0.278 e. The molecular formula is C18H12FN3O2S. The molecule has 3 aromatic rings. The molecular weight excluding hydrogens is 341 g/mol. The van der Waals surface area contributed by atoms with Crippen LogP contribution in [-0.4, -0.2) is 23.3 Å². The van der Waals surface area contributed by atoms with Crippen molar-refractivity contribution in [3.05, 3.63) is 65.4 Å². The molecule has 4 rings (SSSR count). The van der Waals surface area contributed by atoms with Gasteiger partial charge in [0, 0.05) is 10.9 Å². The van der Waals surface area contributed by atoms with E-state index >= 15 is 0 Å². The van der Waals surface area contributed by atoms with Crippen LogP contribution in [0.5, 0.6) is 0 Å². The average Bonchev–Trinajstić information content (AvgIpc) is 3.11. The first-order valence-corrected chi connectivity index (χ1v) is 8.42. The summed E-state index contributed by atoms with van der Waals surface area (Å²) >= 11 is 1.30. The SMILES string of the molecule is O=C1CN(C(=O)c2csc(-c3ccc(F)cc3)n2)c2ccccc2N1. The van der Waals surface area contributed by atoms with Crippen molar-refractivity contribution in [1.29, 1.82) is 0 Å². The number of rotatable bonds is 2. The summed E-state index contributed by atoms with van der Waals surface area (Å²) in [6, 6.07) is 13.1. The lowest BCUT2D eigenvalue weighted by atomic mass is 10.2. The van der Waals surface area contributed by atoms with E-state index < -0.39 is 0 Å². The van der Waals surface area contributed by atoms with Crippen LogP contribution in [-0.2, 0) is 4.79 Å². The van der Waals surface area contributed by atoms with Crippen LogP contribution in [0.4, 0.5) is 15.8 Å². The molecule has 2 heterocycles. The third-order valence-corrected chi connectivity index (χ3v) is 4.72. The number of nitrogens with one attached hydrogen (secondary N) is 1. The number of thiazole rings is 1. The molecule has 0 spiro atoms. The Morgan fingerprint density at radius 3 is 2.72 bits per heavy atom. The highest BCUT2D eigenvalue weighted by Gasteiger charge is 2.28. The molecule has 1 aliphatic rings. The number of aromatic nitrogens is 1. The monoisotopic (exact) mass is 353 g/mol. The molecule has 2 aromatic carbocycles. The number of carbonyl (C=O) groups is 2. The van der Waals surface area contributed by atoms with E-state index in [0.717, 1.165) is 5.56 Å². The fraction of sp³-hybridized carbons (Fsp3) is 0.0556. The highest BCUT2D eigenvalue weighted by molar-refractivity contribution is 7.13. The standard InChI is InChI=1S/C18H12FN3O2S/c19-12-7-5-11(6-8-12)17-21-14(10-25-17)18(24)22-9-16(23)20-13-3-1-2-4-15(13)22/h1-8,10H,9H2,(H,20,23). The summed E-state index contributed by atoms with van der Waals surface area (Å²) < 4.78 is 13.0. The van der Waals surface area contributed by atoms with Gasteiger partial charge in [0.1, 0.15) is 23.1 Å². The number of fused-ring (bicyclic) bond motifs is 1. The number of benzene rings is 2. The maximum absolute atomic E-state index is 13.0. The molecule has 1 aliphatic heterocycles. The van der Waals surface area contributed by atoms with Crippen LogP contribution in [0.1, 0.15) is 10.5 Å². The van der Waals surface area contributed by atoms with Crippen LogP contribution in [0.25, 0.3) is 10.6 Å². The number of anilines is 2. The van der Waals surface area contributed by atoms with E-state index in [1.54, 1.807) is 35.7 Å². The summed E-state index contributed by atoms with van der Waals surface area (Å²) in [7, 11) is 0. The molecule has 2 amide bonds. The Labute approximate surface area is 146 Å². The molecule has 0 unspecified atom stereocenters. The molecule has 0 fully saturated rings. The average molecular weight is 353 g/mol. The van der Waals surface area contributed by atoms with Crippen LogP contribution in [0.3, 0.4) is 0 Å². The van der Waals surface area contributed by atoms with E-state index in [2.05, 4.69) is 10.3 Å². The third-order valence-electron chi connectivity index (χ3n) is 3.83. The lowest BCUT2D eigenvalue weighted by Crippen LogP contribution is -2.42. The Kier molecular flexibility index (Phi) is 3.77. The number of nitrogens with zero attached hydrogens (tertiary/aromatic N) is 2. The number of amides is 2. The maximum atomic E-state index is 13.0. The zero-order valence-corrected chi connectivity index (χ0v) is 13.7. The predicted octanol–water partition coefficient (Wildman–Crippen LogP) is 3.55. The van der Waals surface area contributed by atoms with E-state index in [1.165, 1.54) is 28.4 Å². The summed E-state index contributed by atoms with van der Waals surface area (Å²) in [6.45, 7) is -0.0563. The summed E-state index contributed by atoms with van der Waals surface area (Å²) in [4.78, 5) is 30.5. The molecule has 1 aromatic heterocycles. The van der Waals surface area contributed by atoms with Crippen LogP contribution >= 0.6 is 11.3 Å². The topological polar surface area (TPSA) is 62.3 Å². The van der Waals surface area contributed by atoms with Crippen LogP contribution in [0.2, 0.25) is 0 Å². The highest BCUT2D eigenvalue weighted by Crippen LogP contribution is 2.31. The number of hydrogen-bond acceptors (Lipinski definition) is 4. The van der Waals surface area contributed by atoms with Gasteiger partial charge in [-0.1, -0.05) is 12.1 Å². The second-order valence-electron chi connectivity index (χ2n) is 5.50. The largest absolute Gasteiger partial charge is 0.323 e. The minimum absolute atomic E-state index is 0.0563. The van der Waals surface area contributed by atoms with Gasteiger partial charge in [0.15, 0.2) is 0 Å². The lowest BCUT2D eigenvalue weighted by Gasteiger charge is -2.28. The van der Waals surface area contributed by atoms with Gasteiger partial charge in [-0.3, -0.25) is 14.5 Å². The van der Waals surface area contributed by atoms with Gasteiger partial charge in [0.2, 0.25) is 5.91 Å². The number of para-hydroxylation sites is 2. The Morgan fingerprint density at radius 1 is 1.16 bits per heavy atom. The molecule has 0 saturated heterocycles. The second-order valence-corrected chi connectivity index (χ2v) is 6.36. The van der Waals surface area contributed by atoms with Gasteiger partial charge < -0.3 is 5.32 Å². The molecule has 0 radical (unpaired) electrons. The Morgan fingerprint density at radius 2 is 1.92 bits per heavy atom. The van der Waals surface area contributed by atoms with E-state index in [4.69, 9.17) is 0 Å². The third kappa shape index (κ3) is 2.89. The van der Waals surface area contributed by atoms with Gasteiger partial charge in [0.25, 0.3) is 5.91 Å². The molecule has 124 valence electrons. The van der Waals surface area contributed by atoms with Gasteiger partial charge in [-0.05, 0) is 36.4 Å². The van der Waals surface area contributed by atoms with Gasteiger partial charge >= 0.3 is 0 Å². The lowest BCUT2D eigenvalue weighted by molar-refractivity contribution is -0.115. The quantitative estimate of drug-likeness (QED) is 0.766. The van der Waals surface area contributed by atoms with Gasteiger partial charge in [-0.2, -0.15) is 0 Å². The Hall–Kier alpha value is -3.06. The molecule has 0 bridgehead atoms. The molecule has 0 atom stereocenters. The summed E-state index contributed by atoms with van der Waals surface area (Å²) in [5.41, 5.74) is 2.24. The van der Waals surface area contributed by atoms with E-state index in [9.17, 15) is 14.0 Å². The highest BCUT2D eigenvalue weighted by atomic mass is 32.1. The molecule has 7 heteroatoms. The normalized spacial score (nSPS) is 13.3. The molecule has 0 saturated carbocycles. The van der Waals surface area contributed by atoms with E-state index in [1.807, 2.05) is 6.07 Å². The zero-order chi connectivity index (χ0) is 17.4. The fourth-order valence-electron chi connectivity index (χ4n) is 2.65. The number of carbonyl (C=O) groups excluding carboxylic acids is 2. The van der Waals surface area contributed by atoms with Crippen molar-refractivity contribution >= 4 is 34.5 Å². The summed E-state index contributed by atoms with van der Waals surface area (Å²) in [6.07, 6.45) is 0. The number of halogens is 1. The Bertz CT molecular complexity index is 968. The van der Waals surface area contributed by atoms with Crippen LogP contribution < -0.4 is 10.2 Å². The smallest absolute Gasteiger partial charge is 0.278 e. The molecule has 25 heavy (non-hydrogen) atoms. The predicted molar refractivity (Wildman–Crippen MR) is 94.3 cm³/mol. The number of hydrogen-bond donors (Lipinski definition) is 1. The van der Waals surface area contributed by atoms with Crippen molar-refractivity contribution in [2.75, 3.05) is 16.8 Å². The molecule has 0 aliphatic carbocycles. The van der Waals surface area contributed by atoms with Gasteiger partial charge in [-0.15, -0.1) is 11.3 Å². The van der Waals surface area contributed by atoms with Crippen molar-refractivity contribution in [2.24, 2.45) is 0 Å². The van der Waals surface area contributed by atoms with Crippen LogP contribution in [0, 0.1) is 5.82 Å². The van der Waals surface area contributed by atoms with Crippen molar-refractivity contribution in [3.8, 4) is 10.6 Å². The first kappa shape index (κ1) is 15.5. The molecule has 1 N–H and O–H groups in total. The van der Waals surface area contributed by atoms with Gasteiger partial charge in [-0.25, -0.2) is 9.37 Å². The van der Waals surface area contributed by atoms with E-state index in [0.29, 0.717) is 16.4 Å². The fourth-order valence-corrected chi connectivity index (χ4v) is 3.45. The molecule has 5 nitrogen and oxygen atoms in total. The van der Waals surface area contributed by atoms with Crippen LogP contribution in [0.15, 0.2) is 53.9 Å². The minimum Gasteiger partial charge on any atom is -0.323 e. The van der Waals surface area contributed by atoms with Crippen molar-refractivity contribution < 1.29 is 14.0 Å². The van der Waals surface area contributed by atoms with Crippen molar-refractivity contribution in [3.63, 3.8) is 0 Å². The Balaban J connectivity index is 1.66. The minimum atomic E-state index is -0.341. The summed E-state index contributed by atoms with van der Waals surface area (Å²) in [5.74, 6) is -0.916. The zero-order valence-electron chi connectivity index (χ0n) is 12.9. The summed E-state index contributed by atoms with van der Waals surface area (Å²) in [5, 5.41) is 5.02. The van der Waals surface area contributed by atoms with Crippen molar-refractivity contribution in [2.45, 2.75) is 0 Å². The first-order valence-electron chi connectivity index (χ1n) is 7.54. The van der Waals surface area contributed by atoms with E-state index in [-0.39, 0.29) is 29.9 Å².